The van der Waals surface area contributed by atoms with Gasteiger partial charge in [0.05, 0.1) is 0 Å². The largest absolute Gasteiger partial charge is 0.298 e. The molecule has 0 spiro atoms. The Hall–Kier alpha value is -0.0400. The van der Waals surface area contributed by atoms with Crippen LogP contribution >= 0.6 is 0 Å². The van der Waals surface area contributed by atoms with Gasteiger partial charge >= 0.3 is 0 Å². The van der Waals surface area contributed by atoms with E-state index in [2.05, 4.69) is 25.7 Å². The average Bonchev–Trinajstić information content (AvgIpc) is 2.65. The first-order chi connectivity index (χ1) is 6.79. The summed E-state index contributed by atoms with van der Waals surface area (Å²) in [5.74, 6) is 0. The fourth-order valence-electron chi connectivity index (χ4n) is 2.81. The molecule has 0 aromatic rings. The van der Waals surface area contributed by atoms with Crippen LogP contribution in [-0.2, 0) is 0 Å². The molecule has 0 amide bonds. The minimum absolute atomic E-state index is 0.587. The number of likely N-dealkylation sites (tertiary alicyclic amines) is 1. The molecular weight excluding hydrogens is 170 g/mol. The number of rotatable bonds is 4. The zero-order valence-electron chi connectivity index (χ0n) is 10.9. The van der Waals surface area contributed by atoms with Crippen LogP contribution in [0.2, 0.25) is 0 Å². The van der Waals surface area contributed by atoms with Crippen LogP contribution < -0.4 is 0 Å². The summed E-state index contributed by atoms with van der Waals surface area (Å²) >= 11 is 0. The van der Waals surface area contributed by atoms with E-state index < -0.39 is 0 Å². The van der Waals surface area contributed by atoms with Crippen LogP contribution in [0.4, 0.5) is 0 Å². The quantitative estimate of drug-likeness (QED) is 0.659. The molecule has 0 saturated carbocycles. The summed E-state index contributed by atoms with van der Waals surface area (Å²) in [6.45, 7) is 13.5. The molecule has 1 saturated heterocycles. The summed E-state index contributed by atoms with van der Waals surface area (Å²) in [6, 6.07) is 0. The second kappa shape index (κ2) is 7.28. The molecule has 1 heterocycles. The summed E-state index contributed by atoms with van der Waals surface area (Å²) in [5, 5.41) is 0. The molecule has 1 aliphatic rings. The van der Waals surface area contributed by atoms with Crippen LogP contribution in [0.1, 0.15) is 66.7 Å². The second-order valence-corrected chi connectivity index (χ2v) is 4.01. The summed E-state index contributed by atoms with van der Waals surface area (Å²) < 4.78 is 0. The van der Waals surface area contributed by atoms with Gasteiger partial charge in [0.15, 0.2) is 0 Å². The van der Waals surface area contributed by atoms with Crippen molar-refractivity contribution in [1.29, 1.82) is 0 Å². The molecule has 1 heteroatoms. The third-order valence-electron chi connectivity index (χ3n) is 3.50. The number of nitrogens with zero attached hydrogens (tertiary/aromatic N) is 1. The molecule has 0 aromatic heterocycles. The van der Waals surface area contributed by atoms with E-state index in [9.17, 15) is 0 Å². The van der Waals surface area contributed by atoms with Crippen molar-refractivity contribution in [2.45, 2.75) is 72.3 Å². The first kappa shape index (κ1) is 14.0. The molecule has 1 rings (SSSR count). The lowest BCUT2D eigenvalue weighted by atomic mass is 9.88. The van der Waals surface area contributed by atoms with E-state index in [1.165, 1.54) is 45.2 Å². The van der Waals surface area contributed by atoms with Crippen LogP contribution in [-0.4, -0.2) is 23.5 Å². The van der Waals surface area contributed by atoms with Gasteiger partial charge in [0.2, 0.25) is 0 Å². The molecule has 1 aliphatic heterocycles. The average molecular weight is 199 g/mol. The van der Waals surface area contributed by atoms with Crippen LogP contribution in [0.15, 0.2) is 0 Å². The van der Waals surface area contributed by atoms with Crippen LogP contribution in [0.3, 0.4) is 0 Å². The van der Waals surface area contributed by atoms with E-state index in [1.54, 1.807) is 0 Å². The standard InChI is InChI=1S/C11H23N.C2H6/c1-4-8-11(5-2)9-7-10-12(11)6-3;1-2/h4-10H2,1-3H3;1-2H3. The molecular formula is C13H29N. The highest BCUT2D eigenvalue weighted by Gasteiger charge is 2.36. The second-order valence-electron chi connectivity index (χ2n) is 4.01. The highest BCUT2D eigenvalue weighted by Crippen LogP contribution is 2.35. The van der Waals surface area contributed by atoms with Gasteiger partial charge in [0.1, 0.15) is 0 Å². The fraction of sp³-hybridized carbons (Fsp3) is 1.00. The van der Waals surface area contributed by atoms with Crippen LogP contribution in [0, 0.1) is 0 Å². The van der Waals surface area contributed by atoms with Crippen molar-refractivity contribution in [3.63, 3.8) is 0 Å². The summed E-state index contributed by atoms with van der Waals surface area (Å²) in [4.78, 5) is 2.69. The maximum Gasteiger partial charge on any atom is 0.0207 e. The SMILES string of the molecule is CC.CCCC1(CC)CCCN1CC. The molecule has 1 unspecified atom stereocenters. The van der Waals surface area contributed by atoms with E-state index in [4.69, 9.17) is 0 Å². The van der Waals surface area contributed by atoms with Crippen molar-refractivity contribution >= 4 is 0 Å². The van der Waals surface area contributed by atoms with Crippen molar-refractivity contribution < 1.29 is 0 Å². The van der Waals surface area contributed by atoms with Gasteiger partial charge in [-0.15, -0.1) is 0 Å². The Morgan fingerprint density at radius 3 is 2.21 bits per heavy atom. The Morgan fingerprint density at radius 1 is 1.14 bits per heavy atom. The normalized spacial score (nSPS) is 27.2. The lowest BCUT2D eigenvalue weighted by molar-refractivity contribution is 0.127. The van der Waals surface area contributed by atoms with Gasteiger partial charge in [-0.3, -0.25) is 4.90 Å². The third kappa shape index (κ3) is 2.98. The van der Waals surface area contributed by atoms with Crippen molar-refractivity contribution in [3.8, 4) is 0 Å². The molecule has 1 nitrogen and oxygen atoms in total. The maximum absolute atomic E-state index is 2.69. The predicted octanol–water partition coefficient (Wildman–Crippen LogP) is 4.08. The van der Waals surface area contributed by atoms with Gasteiger partial charge in [-0.2, -0.15) is 0 Å². The molecule has 14 heavy (non-hydrogen) atoms. The summed E-state index contributed by atoms with van der Waals surface area (Å²) in [6.07, 6.45) is 6.93. The van der Waals surface area contributed by atoms with E-state index in [0.717, 1.165) is 0 Å². The number of hydrogen-bond donors (Lipinski definition) is 0. The lowest BCUT2D eigenvalue weighted by Gasteiger charge is -2.37. The zero-order chi connectivity index (χ0) is 11.0. The van der Waals surface area contributed by atoms with Crippen LogP contribution in [0.25, 0.3) is 0 Å². The Kier molecular flexibility index (Phi) is 7.26. The molecule has 0 N–H and O–H groups in total. The maximum atomic E-state index is 2.69. The molecule has 0 aliphatic carbocycles. The summed E-state index contributed by atoms with van der Waals surface area (Å²) in [5.41, 5.74) is 0.587. The predicted molar refractivity (Wildman–Crippen MR) is 65.8 cm³/mol. The fourth-order valence-corrected chi connectivity index (χ4v) is 2.81. The first-order valence-corrected chi connectivity index (χ1v) is 6.54. The van der Waals surface area contributed by atoms with E-state index in [-0.39, 0.29) is 0 Å². The molecule has 0 aromatic carbocycles. The first-order valence-electron chi connectivity index (χ1n) is 6.54. The van der Waals surface area contributed by atoms with Crippen molar-refractivity contribution in [2.24, 2.45) is 0 Å². The zero-order valence-corrected chi connectivity index (χ0v) is 10.9. The Morgan fingerprint density at radius 2 is 1.79 bits per heavy atom. The third-order valence-corrected chi connectivity index (χ3v) is 3.50. The molecule has 86 valence electrons. The van der Waals surface area contributed by atoms with Crippen LogP contribution in [0.5, 0.6) is 0 Å². The minimum atomic E-state index is 0.587. The van der Waals surface area contributed by atoms with Crippen molar-refractivity contribution in [1.82, 2.24) is 4.90 Å². The Balaban J connectivity index is 0.000000791. The van der Waals surface area contributed by atoms with Gasteiger partial charge < -0.3 is 0 Å². The van der Waals surface area contributed by atoms with Crippen molar-refractivity contribution in [3.05, 3.63) is 0 Å². The van der Waals surface area contributed by atoms with Gasteiger partial charge in [-0.1, -0.05) is 41.0 Å². The molecule has 1 atom stereocenters. The van der Waals surface area contributed by atoms with Crippen molar-refractivity contribution in [2.75, 3.05) is 13.1 Å². The van der Waals surface area contributed by atoms with E-state index in [0.29, 0.717) is 5.54 Å². The monoisotopic (exact) mass is 199 g/mol. The molecule has 1 fully saturated rings. The van der Waals surface area contributed by atoms with Gasteiger partial charge in [0, 0.05) is 5.54 Å². The minimum Gasteiger partial charge on any atom is -0.298 e. The Labute approximate surface area is 90.9 Å². The molecule has 0 bridgehead atoms. The van der Waals surface area contributed by atoms with E-state index in [1.807, 2.05) is 13.8 Å². The molecule has 0 radical (unpaired) electrons. The summed E-state index contributed by atoms with van der Waals surface area (Å²) in [7, 11) is 0. The highest BCUT2D eigenvalue weighted by molar-refractivity contribution is 4.93. The van der Waals surface area contributed by atoms with Gasteiger partial charge in [0.25, 0.3) is 0 Å². The highest BCUT2D eigenvalue weighted by atomic mass is 15.2. The smallest absolute Gasteiger partial charge is 0.0207 e. The lowest BCUT2D eigenvalue weighted by Crippen LogP contribution is -2.42. The van der Waals surface area contributed by atoms with Gasteiger partial charge in [-0.25, -0.2) is 0 Å². The topological polar surface area (TPSA) is 3.24 Å². The Bertz CT molecular complexity index is 133. The number of hydrogen-bond acceptors (Lipinski definition) is 1. The van der Waals surface area contributed by atoms with Gasteiger partial charge in [-0.05, 0) is 38.8 Å². The van der Waals surface area contributed by atoms with E-state index >= 15 is 0 Å².